The van der Waals surface area contributed by atoms with Gasteiger partial charge >= 0.3 is 5.97 Å². The number of hydrogen-bond donors (Lipinski definition) is 1. The van der Waals surface area contributed by atoms with Gasteiger partial charge in [-0.3, -0.25) is 0 Å². The molecule has 1 saturated heterocycles. The van der Waals surface area contributed by atoms with Crippen LogP contribution in [-0.4, -0.2) is 24.2 Å². The van der Waals surface area contributed by atoms with Gasteiger partial charge in [-0.05, 0) is 48.4 Å². The quantitative estimate of drug-likeness (QED) is 0.859. The standard InChI is InChI=1S/C18H23NO2/c20-18(21)10-7-14-5-8-17(9-6-14)19-12-11-15-3-1-2-4-16(15)13-19/h5-10,15-16H,1-4,11-13H2,(H,20,21)/b10-7+. The fraction of sp³-hybridized carbons (Fsp3) is 0.500. The molecule has 1 aromatic rings. The molecule has 1 saturated carbocycles. The first-order valence-electron chi connectivity index (χ1n) is 7.98. The van der Waals surface area contributed by atoms with Crippen LogP contribution in [0.1, 0.15) is 37.7 Å². The van der Waals surface area contributed by atoms with Gasteiger partial charge in [0.15, 0.2) is 0 Å². The van der Waals surface area contributed by atoms with Gasteiger partial charge in [0.05, 0.1) is 0 Å². The molecule has 0 aromatic heterocycles. The average Bonchev–Trinajstić information content (AvgIpc) is 2.53. The van der Waals surface area contributed by atoms with Crippen LogP contribution < -0.4 is 4.90 Å². The Morgan fingerprint density at radius 1 is 1.10 bits per heavy atom. The maximum Gasteiger partial charge on any atom is 0.328 e. The summed E-state index contributed by atoms with van der Waals surface area (Å²) < 4.78 is 0. The molecule has 2 fully saturated rings. The largest absolute Gasteiger partial charge is 0.478 e. The Morgan fingerprint density at radius 2 is 1.81 bits per heavy atom. The van der Waals surface area contributed by atoms with Gasteiger partial charge in [-0.25, -0.2) is 4.79 Å². The first kappa shape index (κ1) is 14.2. The van der Waals surface area contributed by atoms with Crippen LogP contribution in [0.15, 0.2) is 30.3 Å². The monoisotopic (exact) mass is 285 g/mol. The second kappa shape index (κ2) is 6.33. The van der Waals surface area contributed by atoms with Crippen LogP contribution in [0, 0.1) is 11.8 Å². The lowest BCUT2D eigenvalue weighted by Gasteiger charge is -2.42. The van der Waals surface area contributed by atoms with Crippen LogP contribution in [0.3, 0.4) is 0 Å². The molecule has 1 aromatic carbocycles. The molecule has 0 radical (unpaired) electrons. The van der Waals surface area contributed by atoms with E-state index < -0.39 is 5.97 Å². The van der Waals surface area contributed by atoms with Gasteiger partial charge in [0.25, 0.3) is 0 Å². The molecule has 1 aliphatic heterocycles. The molecule has 1 N–H and O–H groups in total. The summed E-state index contributed by atoms with van der Waals surface area (Å²) in [6.07, 6.45) is 9.78. The Morgan fingerprint density at radius 3 is 2.52 bits per heavy atom. The van der Waals surface area contributed by atoms with Gasteiger partial charge in [-0.1, -0.05) is 31.4 Å². The number of piperidine rings is 1. The first-order chi connectivity index (χ1) is 10.2. The summed E-state index contributed by atoms with van der Waals surface area (Å²) in [5, 5.41) is 8.65. The number of anilines is 1. The van der Waals surface area contributed by atoms with E-state index in [0.717, 1.165) is 23.9 Å². The number of benzene rings is 1. The molecular formula is C18H23NO2. The van der Waals surface area contributed by atoms with Crippen molar-refractivity contribution in [2.24, 2.45) is 11.8 Å². The molecule has 112 valence electrons. The van der Waals surface area contributed by atoms with Gasteiger partial charge < -0.3 is 10.0 Å². The number of nitrogens with zero attached hydrogens (tertiary/aromatic N) is 1. The molecule has 3 heteroatoms. The summed E-state index contributed by atoms with van der Waals surface area (Å²) in [5.74, 6) is 0.922. The number of hydrogen-bond acceptors (Lipinski definition) is 2. The smallest absolute Gasteiger partial charge is 0.328 e. The first-order valence-corrected chi connectivity index (χ1v) is 7.98. The lowest BCUT2D eigenvalue weighted by molar-refractivity contribution is -0.131. The summed E-state index contributed by atoms with van der Waals surface area (Å²) in [4.78, 5) is 13.0. The van der Waals surface area contributed by atoms with E-state index in [9.17, 15) is 4.79 Å². The molecule has 1 heterocycles. The van der Waals surface area contributed by atoms with E-state index in [1.807, 2.05) is 12.1 Å². The zero-order chi connectivity index (χ0) is 14.7. The van der Waals surface area contributed by atoms with Gasteiger partial charge in [0, 0.05) is 24.9 Å². The van der Waals surface area contributed by atoms with Crippen molar-refractivity contribution in [2.75, 3.05) is 18.0 Å². The van der Waals surface area contributed by atoms with Gasteiger partial charge in [-0.15, -0.1) is 0 Å². The average molecular weight is 285 g/mol. The summed E-state index contributed by atoms with van der Waals surface area (Å²) >= 11 is 0. The summed E-state index contributed by atoms with van der Waals surface area (Å²) in [6.45, 7) is 2.35. The van der Waals surface area contributed by atoms with Crippen LogP contribution in [0.4, 0.5) is 5.69 Å². The van der Waals surface area contributed by atoms with Crippen LogP contribution in [0.5, 0.6) is 0 Å². The predicted molar refractivity (Wildman–Crippen MR) is 85.4 cm³/mol. The number of carboxylic acid groups (broad SMARTS) is 1. The zero-order valence-electron chi connectivity index (χ0n) is 12.4. The fourth-order valence-corrected chi connectivity index (χ4v) is 3.80. The lowest BCUT2D eigenvalue weighted by Crippen LogP contribution is -2.41. The number of carbonyl (C=O) groups is 1. The molecule has 0 spiro atoms. The molecule has 21 heavy (non-hydrogen) atoms. The number of fused-ring (bicyclic) bond motifs is 1. The third kappa shape index (κ3) is 3.46. The molecule has 0 bridgehead atoms. The third-order valence-corrected chi connectivity index (χ3v) is 4.97. The van der Waals surface area contributed by atoms with Crippen LogP contribution >= 0.6 is 0 Å². The van der Waals surface area contributed by atoms with E-state index in [-0.39, 0.29) is 0 Å². The Kier molecular flexibility index (Phi) is 4.28. The number of aliphatic carboxylic acids is 1. The third-order valence-electron chi connectivity index (χ3n) is 4.97. The highest BCUT2D eigenvalue weighted by atomic mass is 16.4. The highest BCUT2D eigenvalue weighted by Crippen LogP contribution is 2.37. The fourth-order valence-electron chi connectivity index (χ4n) is 3.80. The van der Waals surface area contributed by atoms with Crippen molar-refractivity contribution in [3.8, 4) is 0 Å². The summed E-state index contributed by atoms with van der Waals surface area (Å²) in [6, 6.07) is 8.23. The van der Waals surface area contributed by atoms with E-state index in [1.165, 1.54) is 50.4 Å². The van der Waals surface area contributed by atoms with E-state index in [2.05, 4.69) is 17.0 Å². The zero-order valence-corrected chi connectivity index (χ0v) is 12.4. The summed E-state index contributed by atoms with van der Waals surface area (Å²) in [5.41, 5.74) is 2.21. The maximum atomic E-state index is 10.5. The Balaban J connectivity index is 1.65. The highest BCUT2D eigenvalue weighted by Gasteiger charge is 2.30. The highest BCUT2D eigenvalue weighted by molar-refractivity contribution is 5.85. The normalized spacial score (nSPS) is 25.8. The summed E-state index contributed by atoms with van der Waals surface area (Å²) in [7, 11) is 0. The van der Waals surface area contributed by atoms with Crippen molar-refractivity contribution in [3.63, 3.8) is 0 Å². The minimum Gasteiger partial charge on any atom is -0.478 e. The predicted octanol–water partition coefficient (Wildman–Crippen LogP) is 3.80. The van der Waals surface area contributed by atoms with E-state index in [0.29, 0.717) is 0 Å². The van der Waals surface area contributed by atoms with Crippen LogP contribution in [-0.2, 0) is 4.79 Å². The molecular weight excluding hydrogens is 262 g/mol. The molecule has 1 aliphatic carbocycles. The molecule has 2 aliphatic rings. The second-order valence-electron chi connectivity index (χ2n) is 6.30. The van der Waals surface area contributed by atoms with Gasteiger partial charge in [-0.2, -0.15) is 0 Å². The van der Waals surface area contributed by atoms with E-state index in [4.69, 9.17) is 5.11 Å². The Labute approximate surface area is 126 Å². The topological polar surface area (TPSA) is 40.5 Å². The molecule has 3 nitrogen and oxygen atoms in total. The van der Waals surface area contributed by atoms with Crippen LogP contribution in [0.25, 0.3) is 6.08 Å². The molecule has 2 unspecified atom stereocenters. The SMILES string of the molecule is O=C(O)/C=C/c1ccc(N2CCC3CCCCC3C2)cc1. The van der Waals surface area contributed by atoms with Crippen molar-refractivity contribution in [1.82, 2.24) is 0 Å². The molecule has 2 atom stereocenters. The Bertz CT molecular complexity index is 521. The second-order valence-corrected chi connectivity index (χ2v) is 6.30. The molecule has 3 rings (SSSR count). The van der Waals surface area contributed by atoms with Gasteiger partial charge in [0.1, 0.15) is 0 Å². The minimum absolute atomic E-state index is 0.874. The minimum atomic E-state index is -0.904. The van der Waals surface area contributed by atoms with E-state index in [1.54, 1.807) is 6.08 Å². The van der Waals surface area contributed by atoms with Crippen LogP contribution in [0.2, 0.25) is 0 Å². The van der Waals surface area contributed by atoms with Crippen molar-refractivity contribution < 1.29 is 9.90 Å². The van der Waals surface area contributed by atoms with Gasteiger partial charge in [0.2, 0.25) is 0 Å². The molecule has 0 amide bonds. The van der Waals surface area contributed by atoms with Crippen molar-refractivity contribution in [2.45, 2.75) is 32.1 Å². The Hall–Kier alpha value is -1.77. The number of rotatable bonds is 3. The van der Waals surface area contributed by atoms with E-state index >= 15 is 0 Å². The maximum absolute atomic E-state index is 10.5. The lowest BCUT2D eigenvalue weighted by atomic mass is 9.75. The number of carboxylic acids is 1. The van der Waals surface area contributed by atoms with Crippen molar-refractivity contribution in [3.05, 3.63) is 35.9 Å². The van der Waals surface area contributed by atoms with Crippen molar-refractivity contribution in [1.29, 1.82) is 0 Å². The van der Waals surface area contributed by atoms with Crippen molar-refractivity contribution >= 4 is 17.7 Å².